The zero-order valence-electron chi connectivity index (χ0n) is 15.9. The fraction of sp³-hybridized carbons (Fsp3) is 0.400. The first kappa shape index (κ1) is 20.0. The summed E-state index contributed by atoms with van der Waals surface area (Å²) in [6.07, 6.45) is 7.42. The molecule has 9 heteroatoms. The summed E-state index contributed by atoms with van der Waals surface area (Å²) in [7, 11) is 0. The van der Waals surface area contributed by atoms with Crippen LogP contribution in [0.2, 0.25) is 0 Å². The Labute approximate surface area is 176 Å². The van der Waals surface area contributed by atoms with Gasteiger partial charge in [-0.2, -0.15) is 0 Å². The number of hydrogen-bond donors (Lipinski definition) is 2. The van der Waals surface area contributed by atoms with E-state index in [4.69, 9.17) is 0 Å². The summed E-state index contributed by atoms with van der Waals surface area (Å²) in [4.78, 5) is 21.1. The van der Waals surface area contributed by atoms with Crippen LogP contribution in [0.5, 0.6) is 0 Å². The van der Waals surface area contributed by atoms with E-state index < -0.39 is 0 Å². The second kappa shape index (κ2) is 9.49. The van der Waals surface area contributed by atoms with Crippen LogP contribution in [0.25, 0.3) is 11.3 Å². The minimum absolute atomic E-state index is 0.160. The number of carbonyl (C=O) groups excluding carboxylic acids is 1. The van der Waals surface area contributed by atoms with Crippen molar-refractivity contribution in [1.29, 1.82) is 0 Å². The molecular formula is C20H22FN5OS2. The van der Waals surface area contributed by atoms with Crippen molar-refractivity contribution in [2.45, 2.75) is 43.7 Å². The Morgan fingerprint density at radius 2 is 2.03 bits per heavy atom. The molecule has 152 valence electrons. The van der Waals surface area contributed by atoms with Gasteiger partial charge in [-0.25, -0.2) is 14.4 Å². The smallest absolute Gasteiger partial charge is 0.236 e. The lowest BCUT2D eigenvalue weighted by Crippen LogP contribution is -2.13. The molecule has 0 atom stereocenters. The highest BCUT2D eigenvalue weighted by molar-refractivity contribution is 7.99. The van der Waals surface area contributed by atoms with E-state index in [1.165, 1.54) is 60.9 Å². The van der Waals surface area contributed by atoms with Gasteiger partial charge in [0, 0.05) is 17.4 Å². The Balaban J connectivity index is 1.23. The SMILES string of the molecule is O=C(CSc1n[nH]c(CCC2CCCC2)n1)Nc1nc(-c2ccc(F)cc2)cs1. The van der Waals surface area contributed by atoms with Gasteiger partial charge in [0.25, 0.3) is 0 Å². The molecule has 1 aromatic carbocycles. The number of carbonyl (C=O) groups is 1. The second-order valence-electron chi connectivity index (χ2n) is 7.14. The topological polar surface area (TPSA) is 83.6 Å². The van der Waals surface area contributed by atoms with E-state index in [0.717, 1.165) is 30.1 Å². The number of hydrogen-bond acceptors (Lipinski definition) is 6. The number of aromatic amines is 1. The van der Waals surface area contributed by atoms with Gasteiger partial charge in [0.2, 0.25) is 11.1 Å². The maximum atomic E-state index is 13.0. The molecule has 1 fully saturated rings. The average molecular weight is 432 g/mol. The van der Waals surface area contributed by atoms with E-state index in [9.17, 15) is 9.18 Å². The molecule has 2 aromatic heterocycles. The first-order valence-corrected chi connectivity index (χ1v) is 11.6. The van der Waals surface area contributed by atoms with E-state index in [-0.39, 0.29) is 17.5 Å². The van der Waals surface area contributed by atoms with Gasteiger partial charge in [0.05, 0.1) is 11.4 Å². The predicted octanol–water partition coefficient (Wildman–Crippen LogP) is 4.92. The van der Waals surface area contributed by atoms with Crippen molar-refractivity contribution < 1.29 is 9.18 Å². The fourth-order valence-corrected chi connectivity index (χ4v) is 4.82. The molecule has 1 saturated carbocycles. The lowest BCUT2D eigenvalue weighted by atomic mass is 10.0. The van der Waals surface area contributed by atoms with Crippen LogP contribution >= 0.6 is 23.1 Å². The van der Waals surface area contributed by atoms with Gasteiger partial charge in [-0.1, -0.05) is 37.4 Å². The van der Waals surface area contributed by atoms with Crippen molar-refractivity contribution in [3.05, 3.63) is 41.3 Å². The van der Waals surface area contributed by atoms with Crippen LogP contribution in [0, 0.1) is 11.7 Å². The van der Waals surface area contributed by atoms with E-state index in [0.29, 0.717) is 16.0 Å². The van der Waals surface area contributed by atoms with Crippen molar-refractivity contribution in [2.75, 3.05) is 11.1 Å². The van der Waals surface area contributed by atoms with E-state index in [1.54, 1.807) is 12.1 Å². The molecule has 1 aliphatic carbocycles. The number of aryl methyl sites for hydroxylation is 1. The first-order valence-electron chi connectivity index (χ1n) is 9.71. The predicted molar refractivity (Wildman–Crippen MR) is 114 cm³/mol. The Kier molecular flexibility index (Phi) is 6.56. The highest BCUT2D eigenvalue weighted by Crippen LogP contribution is 2.28. The van der Waals surface area contributed by atoms with Crippen LogP contribution in [0.1, 0.15) is 37.9 Å². The number of nitrogens with zero attached hydrogens (tertiary/aromatic N) is 3. The van der Waals surface area contributed by atoms with Crippen molar-refractivity contribution in [1.82, 2.24) is 20.2 Å². The Morgan fingerprint density at radius 3 is 2.83 bits per heavy atom. The van der Waals surface area contributed by atoms with Crippen LogP contribution < -0.4 is 5.32 Å². The molecule has 2 N–H and O–H groups in total. The van der Waals surface area contributed by atoms with Gasteiger partial charge in [0.1, 0.15) is 11.6 Å². The van der Waals surface area contributed by atoms with Gasteiger partial charge in [-0.3, -0.25) is 9.89 Å². The maximum Gasteiger partial charge on any atom is 0.236 e. The number of rotatable bonds is 8. The minimum atomic E-state index is -0.289. The summed E-state index contributed by atoms with van der Waals surface area (Å²) >= 11 is 2.64. The highest BCUT2D eigenvalue weighted by atomic mass is 32.2. The maximum absolute atomic E-state index is 13.0. The summed E-state index contributed by atoms with van der Waals surface area (Å²) in [5.74, 6) is 1.48. The zero-order chi connectivity index (χ0) is 20.1. The van der Waals surface area contributed by atoms with Crippen LogP contribution in [-0.2, 0) is 11.2 Å². The number of amides is 1. The summed E-state index contributed by atoms with van der Waals surface area (Å²) in [5, 5.41) is 12.9. The largest absolute Gasteiger partial charge is 0.301 e. The fourth-order valence-electron chi connectivity index (χ4n) is 3.46. The highest BCUT2D eigenvalue weighted by Gasteiger charge is 2.16. The molecular weight excluding hydrogens is 409 g/mol. The van der Waals surface area contributed by atoms with Crippen molar-refractivity contribution >= 4 is 34.1 Å². The molecule has 29 heavy (non-hydrogen) atoms. The lowest BCUT2D eigenvalue weighted by Gasteiger charge is -2.05. The summed E-state index contributed by atoms with van der Waals surface area (Å²) < 4.78 is 13.0. The number of thioether (sulfide) groups is 1. The quantitative estimate of drug-likeness (QED) is 0.495. The van der Waals surface area contributed by atoms with Crippen molar-refractivity contribution in [3.63, 3.8) is 0 Å². The number of benzene rings is 1. The number of nitrogens with one attached hydrogen (secondary N) is 2. The third-order valence-electron chi connectivity index (χ3n) is 5.00. The van der Waals surface area contributed by atoms with E-state index in [1.807, 2.05) is 5.38 Å². The molecule has 1 amide bonds. The first-order chi connectivity index (χ1) is 14.2. The van der Waals surface area contributed by atoms with Crippen LogP contribution in [-0.4, -0.2) is 31.8 Å². The Bertz CT molecular complexity index is 950. The van der Waals surface area contributed by atoms with Crippen molar-refractivity contribution in [2.24, 2.45) is 5.92 Å². The molecule has 0 saturated heterocycles. The number of thiazole rings is 1. The molecule has 0 aliphatic heterocycles. The van der Waals surface area contributed by atoms with Crippen LogP contribution in [0.4, 0.5) is 9.52 Å². The van der Waals surface area contributed by atoms with Gasteiger partial charge in [-0.05, 0) is 36.6 Å². The number of halogens is 1. The molecule has 4 rings (SSSR count). The van der Waals surface area contributed by atoms with Gasteiger partial charge < -0.3 is 5.32 Å². The van der Waals surface area contributed by atoms with Gasteiger partial charge in [-0.15, -0.1) is 16.4 Å². The summed E-state index contributed by atoms with van der Waals surface area (Å²) in [6, 6.07) is 6.11. The standard InChI is InChI=1S/C20H22FN5OS2/c21-15-8-6-14(7-9-15)16-11-28-19(22-16)24-18(27)12-29-20-23-17(25-26-20)10-5-13-3-1-2-4-13/h6-9,11,13H,1-5,10,12H2,(H,22,24,27)(H,23,25,26). The second-order valence-corrected chi connectivity index (χ2v) is 8.94. The summed E-state index contributed by atoms with van der Waals surface area (Å²) in [5.41, 5.74) is 1.52. The third kappa shape index (κ3) is 5.63. The molecule has 0 bridgehead atoms. The van der Waals surface area contributed by atoms with Gasteiger partial charge >= 0.3 is 0 Å². The lowest BCUT2D eigenvalue weighted by molar-refractivity contribution is -0.113. The van der Waals surface area contributed by atoms with Crippen molar-refractivity contribution in [3.8, 4) is 11.3 Å². The van der Waals surface area contributed by atoms with Crippen LogP contribution in [0.3, 0.4) is 0 Å². The zero-order valence-corrected chi connectivity index (χ0v) is 17.5. The molecule has 2 heterocycles. The molecule has 6 nitrogen and oxygen atoms in total. The molecule has 3 aromatic rings. The monoisotopic (exact) mass is 431 g/mol. The normalized spacial score (nSPS) is 14.4. The molecule has 0 radical (unpaired) electrons. The third-order valence-corrected chi connectivity index (χ3v) is 6.60. The van der Waals surface area contributed by atoms with Gasteiger partial charge in [0.15, 0.2) is 5.13 Å². The number of anilines is 1. The molecule has 0 unspecified atom stereocenters. The average Bonchev–Trinajstić information content (AvgIpc) is 3.47. The van der Waals surface area contributed by atoms with E-state index >= 15 is 0 Å². The van der Waals surface area contributed by atoms with E-state index in [2.05, 4.69) is 25.5 Å². The summed E-state index contributed by atoms with van der Waals surface area (Å²) in [6.45, 7) is 0. The molecule has 1 aliphatic rings. The van der Waals surface area contributed by atoms with Crippen LogP contribution in [0.15, 0.2) is 34.8 Å². The number of H-pyrrole nitrogens is 1. The minimum Gasteiger partial charge on any atom is -0.301 e. The Hall–Kier alpha value is -2.26. The molecule has 0 spiro atoms. The Morgan fingerprint density at radius 1 is 1.24 bits per heavy atom. The number of aromatic nitrogens is 4.